The highest BCUT2D eigenvalue weighted by molar-refractivity contribution is 6.10. The van der Waals surface area contributed by atoms with Crippen molar-refractivity contribution in [2.75, 3.05) is 0 Å². The highest BCUT2D eigenvalue weighted by atomic mass is 16.3. The lowest BCUT2D eigenvalue weighted by molar-refractivity contribution is 0.670. The van der Waals surface area contributed by atoms with Crippen molar-refractivity contribution < 1.29 is 4.42 Å². The monoisotopic (exact) mass is 726 g/mol. The number of aromatic nitrogens is 2. The molecule has 11 aromatic rings. The molecule has 2 aromatic heterocycles. The maximum atomic E-state index is 6.58. The molecule has 11 rings (SSSR count). The van der Waals surface area contributed by atoms with E-state index in [2.05, 4.69) is 176 Å². The summed E-state index contributed by atoms with van der Waals surface area (Å²) in [7, 11) is 0. The van der Waals surface area contributed by atoms with Crippen molar-refractivity contribution in [3.05, 3.63) is 206 Å². The predicted octanol–water partition coefficient (Wildman–Crippen LogP) is 14.7. The van der Waals surface area contributed by atoms with Crippen LogP contribution in [0.3, 0.4) is 0 Å². The van der Waals surface area contributed by atoms with Crippen LogP contribution >= 0.6 is 0 Å². The second-order valence-electron chi connectivity index (χ2n) is 14.6. The van der Waals surface area contributed by atoms with Gasteiger partial charge in [-0.25, -0.2) is 9.97 Å². The first kappa shape index (κ1) is 32.8. The van der Waals surface area contributed by atoms with Gasteiger partial charge >= 0.3 is 0 Å². The molecule has 0 unspecified atom stereocenters. The summed E-state index contributed by atoms with van der Waals surface area (Å²) in [6.07, 6.45) is 0. The van der Waals surface area contributed by atoms with Crippen LogP contribution in [-0.2, 0) is 0 Å². The second kappa shape index (κ2) is 13.6. The Morgan fingerprint density at radius 3 is 1.63 bits per heavy atom. The smallest absolute Gasteiger partial charge is 0.160 e. The van der Waals surface area contributed by atoms with E-state index in [0.29, 0.717) is 5.82 Å². The number of para-hydroxylation sites is 2. The molecule has 3 heteroatoms. The number of hydrogen-bond donors (Lipinski definition) is 0. The number of hydrogen-bond acceptors (Lipinski definition) is 3. The van der Waals surface area contributed by atoms with Crippen molar-refractivity contribution in [2.24, 2.45) is 0 Å². The summed E-state index contributed by atoms with van der Waals surface area (Å²) in [4.78, 5) is 10.5. The van der Waals surface area contributed by atoms with Gasteiger partial charge < -0.3 is 4.42 Å². The van der Waals surface area contributed by atoms with Gasteiger partial charge in [0, 0.05) is 33.0 Å². The van der Waals surface area contributed by atoms with E-state index in [9.17, 15) is 0 Å². The summed E-state index contributed by atoms with van der Waals surface area (Å²) in [6.45, 7) is 0. The second-order valence-corrected chi connectivity index (χ2v) is 14.6. The summed E-state index contributed by atoms with van der Waals surface area (Å²) >= 11 is 0. The lowest BCUT2D eigenvalue weighted by atomic mass is 9.92. The molecule has 3 nitrogen and oxygen atoms in total. The number of fused-ring (bicyclic) bond motifs is 5. The molecule has 0 bridgehead atoms. The average Bonchev–Trinajstić information content (AvgIpc) is 3.68. The van der Waals surface area contributed by atoms with Gasteiger partial charge in [0.1, 0.15) is 11.2 Å². The first-order valence-electron chi connectivity index (χ1n) is 19.3. The fraction of sp³-hybridized carbons (Fsp3) is 0. The van der Waals surface area contributed by atoms with Crippen LogP contribution in [0.25, 0.3) is 111 Å². The molecule has 0 aliphatic carbocycles. The Bertz CT molecular complexity index is 3290. The van der Waals surface area contributed by atoms with Crippen molar-refractivity contribution >= 4 is 43.5 Å². The third-order valence-corrected chi connectivity index (χ3v) is 11.0. The van der Waals surface area contributed by atoms with Gasteiger partial charge in [0.2, 0.25) is 0 Å². The zero-order chi connectivity index (χ0) is 37.7. The van der Waals surface area contributed by atoms with E-state index in [1.165, 1.54) is 27.3 Å². The highest BCUT2D eigenvalue weighted by Gasteiger charge is 2.17. The molecule has 0 radical (unpaired) electrons. The van der Waals surface area contributed by atoms with E-state index in [0.717, 1.165) is 77.7 Å². The Hall–Kier alpha value is -7.62. The van der Waals surface area contributed by atoms with E-state index in [1.54, 1.807) is 0 Å². The zero-order valence-electron chi connectivity index (χ0n) is 30.9. The Balaban J connectivity index is 1.11. The highest BCUT2D eigenvalue weighted by Crippen LogP contribution is 2.40. The third-order valence-electron chi connectivity index (χ3n) is 11.0. The molecule has 0 saturated carbocycles. The summed E-state index contributed by atoms with van der Waals surface area (Å²) in [6, 6.07) is 72.9. The molecule has 0 spiro atoms. The molecule has 266 valence electrons. The van der Waals surface area contributed by atoms with Crippen LogP contribution in [0, 0.1) is 0 Å². The number of furan rings is 1. The van der Waals surface area contributed by atoms with E-state index < -0.39 is 0 Å². The van der Waals surface area contributed by atoms with Crippen molar-refractivity contribution in [3.8, 4) is 67.3 Å². The molecular weight excluding hydrogens is 693 g/mol. The topological polar surface area (TPSA) is 38.9 Å². The van der Waals surface area contributed by atoms with Crippen molar-refractivity contribution in [1.82, 2.24) is 9.97 Å². The van der Waals surface area contributed by atoms with E-state index in [1.807, 2.05) is 30.3 Å². The molecule has 0 amide bonds. The molecule has 0 aliphatic heterocycles. The van der Waals surface area contributed by atoms with Crippen LogP contribution < -0.4 is 0 Å². The molecule has 57 heavy (non-hydrogen) atoms. The lowest BCUT2D eigenvalue weighted by Crippen LogP contribution is -1.97. The minimum Gasteiger partial charge on any atom is -0.455 e. The Kier molecular flexibility index (Phi) is 7.82. The first-order valence-corrected chi connectivity index (χ1v) is 19.3. The van der Waals surface area contributed by atoms with Crippen LogP contribution in [0.1, 0.15) is 0 Å². The molecule has 2 heterocycles. The standard InChI is InChI=1S/C54H34N2O/c1-3-12-35(13-4-1)39-24-25-41-30-43(27-26-40(41)29-39)50-34-51(56-54(55-50)37-15-5-2-6-16-37)46-32-44(42-23-22-36-14-7-8-17-38(36)28-42)31-45(33-46)47-19-11-20-49-48-18-9-10-21-52(48)57-53(47)49/h1-34H. The van der Waals surface area contributed by atoms with Crippen LogP contribution in [0.15, 0.2) is 211 Å². The maximum Gasteiger partial charge on any atom is 0.160 e. The van der Waals surface area contributed by atoms with Crippen molar-refractivity contribution in [1.29, 1.82) is 0 Å². The lowest BCUT2D eigenvalue weighted by Gasteiger charge is -2.14. The molecular formula is C54H34N2O. The Labute approximate surface area is 330 Å². The molecule has 0 atom stereocenters. The van der Waals surface area contributed by atoms with Gasteiger partial charge in [-0.2, -0.15) is 0 Å². The minimum atomic E-state index is 0.680. The van der Waals surface area contributed by atoms with Crippen molar-refractivity contribution in [3.63, 3.8) is 0 Å². The summed E-state index contributed by atoms with van der Waals surface area (Å²) in [5.41, 5.74) is 13.2. The zero-order valence-corrected chi connectivity index (χ0v) is 30.9. The van der Waals surface area contributed by atoms with Crippen LogP contribution in [0.2, 0.25) is 0 Å². The Morgan fingerprint density at radius 2 is 0.842 bits per heavy atom. The minimum absolute atomic E-state index is 0.680. The van der Waals surface area contributed by atoms with Gasteiger partial charge in [-0.05, 0) is 97.9 Å². The van der Waals surface area contributed by atoms with Gasteiger partial charge in [0.15, 0.2) is 5.82 Å². The molecule has 0 N–H and O–H groups in total. The van der Waals surface area contributed by atoms with Gasteiger partial charge in [0.25, 0.3) is 0 Å². The fourth-order valence-corrected chi connectivity index (χ4v) is 8.12. The Morgan fingerprint density at radius 1 is 0.298 bits per heavy atom. The van der Waals surface area contributed by atoms with Crippen LogP contribution in [0.5, 0.6) is 0 Å². The third kappa shape index (κ3) is 6.03. The van der Waals surface area contributed by atoms with Gasteiger partial charge in [-0.1, -0.05) is 158 Å². The summed E-state index contributed by atoms with van der Waals surface area (Å²) < 4.78 is 6.58. The number of nitrogens with zero attached hydrogens (tertiary/aromatic N) is 2. The van der Waals surface area contributed by atoms with Crippen LogP contribution in [0.4, 0.5) is 0 Å². The largest absolute Gasteiger partial charge is 0.455 e. The van der Waals surface area contributed by atoms with E-state index in [4.69, 9.17) is 14.4 Å². The van der Waals surface area contributed by atoms with Gasteiger partial charge in [-0.15, -0.1) is 0 Å². The normalized spacial score (nSPS) is 11.5. The fourth-order valence-electron chi connectivity index (χ4n) is 8.12. The predicted molar refractivity (Wildman–Crippen MR) is 237 cm³/mol. The first-order chi connectivity index (χ1) is 28.2. The molecule has 9 aromatic carbocycles. The molecule has 0 fully saturated rings. The van der Waals surface area contributed by atoms with Gasteiger partial charge in [-0.3, -0.25) is 0 Å². The van der Waals surface area contributed by atoms with E-state index >= 15 is 0 Å². The van der Waals surface area contributed by atoms with Gasteiger partial charge in [0.05, 0.1) is 11.4 Å². The average molecular weight is 727 g/mol. The van der Waals surface area contributed by atoms with Crippen molar-refractivity contribution in [2.45, 2.75) is 0 Å². The SMILES string of the molecule is c1ccc(-c2ccc3cc(-c4cc(-c5cc(-c6ccc7ccccc7c6)cc(-c6cccc7c6oc6ccccc67)c5)nc(-c5ccccc5)n4)ccc3c2)cc1. The van der Waals surface area contributed by atoms with E-state index in [-0.39, 0.29) is 0 Å². The maximum absolute atomic E-state index is 6.58. The molecule has 0 saturated heterocycles. The van der Waals surface area contributed by atoms with Crippen LogP contribution in [-0.4, -0.2) is 9.97 Å². The number of rotatable bonds is 6. The summed E-state index contributed by atoms with van der Waals surface area (Å²) in [5, 5.41) is 6.97. The molecule has 0 aliphatic rings. The number of benzene rings is 9. The quantitative estimate of drug-likeness (QED) is 0.171. The summed E-state index contributed by atoms with van der Waals surface area (Å²) in [5.74, 6) is 0.680.